The van der Waals surface area contributed by atoms with E-state index in [0.29, 0.717) is 18.2 Å². The Morgan fingerprint density at radius 3 is 2.30 bits per heavy atom. The third-order valence-corrected chi connectivity index (χ3v) is 5.13. The SMILES string of the molecule is O=C(O)COC[C@H]1CC[C@H](COC(=O)N(c2ccccc2)c2ccc(F)cn2)CC1. The number of halogens is 1. The third-order valence-electron chi connectivity index (χ3n) is 5.13. The lowest BCUT2D eigenvalue weighted by Gasteiger charge is -2.29. The van der Waals surface area contributed by atoms with E-state index in [0.717, 1.165) is 31.9 Å². The molecule has 0 aliphatic heterocycles. The van der Waals surface area contributed by atoms with E-state index in [4.69, 9.17) is 14.6 Å². The first-order valence-corrected chi connectivity index (χ1v) is 9.96. The van der Waals surface area contributed by atoms with Crippen molar-refractivity contribution in [2.75, 3.05) is 24.7 Å². The summed E-state index contributed by atoms with van der Waals surface area (Å²) in [6, 6.07) is 11.6. The monoisotopic (exact) mass is 416 g/mol. The van der Waals surface area contributed by atoms with Gasteiger partial charge in [0.2, 0.25) is 0 Å². The minimum absolute atomic E-state index is 0.239. The number of carboxylic acids is 1. The number of hydrogen-bond acceptors (Lipinski definition) is 5. The molecule has 1 amide bonds. The molecule has 1 aromatic carbocycles. The predicted molar refractivity (Wildman–Crippen MR) is 108 cm³/mol. The van der Waals surface area contributed by atoms with Crippen molar-refractivity contribution in [3.8, 4) is 0 Å². The lowest BCUT2D eigenvalue weighted by molar-refractivity contribution is -0.142. The quantitative estimate of drug-likeness (QED) is 0.686. The van der Waals surface area contributed by atoms with E-state index in [-0.39, 0.29) is 24.9 Å². The van der Waals surface area contributed by atoms with Crippen molar-refractivity contribution in [2.45, 2.75) is 25.7 Å². The van der Waals surface area contributed by atoms with Gasteiger partial charge in [0, 0.05) is 0 Å². The van der Waals surface area contributed by atoms with Gasteiger partial charge in [-0.3, -0.25) is 0 Å². The number of amides is 1. The van der Waals surface area contributed by atoms with E-state index in [1.165, 1.54) is 17.0 Å². The number of carbonyl (C=O) groups is 2. The summed E-state index contributed by atoms with van der Waals surface area (Å²) in [5, 5.41) is 8.63. The topological polar surface area (TPSA) is 89.0 Å². The van der Waals surface area contributed by atoms with Gasteiger partial charge in [0.1, 0.15) is 18.2 Å². The fourth-order valence-corrected chi connectivity index (χ4v) is 3.54. The van der Waals surface area contributed by atoms with Crippen molar-refractivity contribution < 1.29 is 28.6 Å². The molecule has 1 heterocycles. The number of carboxylic acid groups (broad SMARTS) is 1. The van der Waals surface area contributed by atoms with Crippen LogP contribution in [0, 0.1) is 17.7 Å². The third kappa shape index (κ3) is 6.25. The van der Waals surface area contributed by atoms with Gasteiger partial charge in [-0.25, -0.2) is 23.9 Å². The van der Waals surface area contributed by atoms with Crippen LogP contribution >= 0.6 is 0 Å². The van der Waals surface area contributed by atoms with Crippen LogP contribution in [0.25, 0.3) is 0 Å². The summed E-state index contributed by atoms with van der Waals surface area (Å²) >= 11 is 0. The lowest BCUT2D eigenvalue weighted by Crippen LogP contribution is -2.30. The molecule has 8 heteroatoms. The highest BCUT2D eigenvalue weighted by Crippen LogP contribution is 2.30. The van der Waals surface area contributed by atoms with Crippen LogP contribution in [-0.2, 0) is 14.3 Å². The molecular formula is C22H25FN2O5. The maximum Gasteiger partial charge on any atom is 0.420 e. The Labute approximate surface area is 174 Å². The minimum atomic E-state index is -0.964. The Hall–Kier alpha value is -3.00. The summed E-state index contributed by atoms with van der Waals surface area (Å²) in [5.41, 5.74) is 0.584. The zero-order valence-corrected chi connectivity index (χ0v) is 16.6. The first kappa shape index (κ1) is 21.7. The Morgan fingerprint density at radius 1 is 1.03 bits per heavy atom. The Morgan fingerprint density at radius 2 is 1.70 bits per heavy atom. The van der Waals surface area contributed by atoms with E-state index in [1.54, 1.807) is 24.3 Å². The van der Waals surface area contributed by atoms with Crippen LogP contribution < -0.4 is 4.90 Å². The number of anilines is 2. The summed E-state index contributed by atoms with van der Waals surface area (Å²) in [4.78, 5) is 28.7. The number of aromatic nitrogens is 1. The van der Waals surface area contributed by atoms with Crippen molar-refractivity contribution in [1.82, 2.24) is 4.98 Å². The zero-order valence-electron chi connectivity index (χ0n) is 16.6. The largest absolute Gasteiger partial charge is 0.480 e. The van der Waals surface area contributed by atoms with Gasteiger partial charge in [-0.05, 0) is 61.8 Å². The van der Waals surface area contributed by atoms with Crippen molar-refractivity contribution in [1.29, 1.82) is 0 Å². The van der Waals surface area contributed by atoms with Crippen LogP contribution in [0.5, 0.6) is 0 Å². The van der Waals surface area contributed by atoms with E-state index in [1.807, 2.05) is 6.07 Å². The summed E-state index contributed by atoms with van der Waals surface area (Å²) in [7, 11) is 0. The van der Waals surface area contributed by atoms with E-state index < -0.39 is 17.9 Å². The average molecular weight is 416 g/mol. The molecule has 3 rings (SSSR count). The highest BCUT2D eigenvalue weighted by molar-refractivity contribution is 5.94. The van der Waals surface area contributed by atoms with Crippen molar-refractivity contribution in [3.63, 3.8) is 0 Å². The molecule has 0 atom stereocenters. The molecule has 30 heavy (non-hydrogen) atoms. The van der Waals surface area contributed by atoms with E-state index in [2.05, 4.69) is 4.98 Å². The van der Waals surface area contributed by atoms with Crippen LogP contribution in [0.3, 0.4) is 0 Å². The van der Waals surface area contributed by atoms with Crippen molar-refractivity contribution in [3.05, 3.63) is 54.5 Å². The molecule has 1 N–H and O–H groups in total. The van der Waals surface area contributed by atoms with Crippen LogP contribution in [0.4, 0.5) is 20.7 Å². The van der Waals surface area contributed by atoms with Crippen LogP contribution in [0.1, 0.15) is 25.7 Å². The molecule has 1 aromatic heterocycles. The number of aliphatic carboxylic acids is 1. The highest BCUT2D eigenvalue weighted by Gasteiger charge is 2.25. The minimum Gasteiger partial charge on any atom is -0.480 e. The number of nitrogens with zero attached hydrogens (tertiary/aromatic N) is 2. The van der Waals surface area contributed by atoms with Gasteiger partial charge < -0.3 is 14.6 Å². The lowest BCUT2D eigenvalue weighted by atomic mass is 9.83. The molecule has 0 radical (unpaired) electrons. The molecule has 1 saturated carbocycles. The number of pyridine rings is 1. The van der Waals surface area contributed by atoms with Crippen molar-refractivity contribution >= 4 is 23.6 Å². The van der Waals surface area contributed by atoms with Gasteiger partial charge in [-0.15, -0.1) is 0 Å². The van der Waals surface area contributed by atoms with Gasteiger partial charge in [0.25, 0.3) is 0 Å². The van der Waals surface area contributed by atoms with Gasteiger partial charge in [-0.2, -0.15) is 0 Å². The molecule has 2 aromatic rings. The second-order valence-corrected chi connectivity index (χ2v) is 7.38. The summed E-state index contributed by atoms with van der Waals surface area (Å²) in [6.07, 6.45) is 4.08. The number of ether oxygens (including phenoxy) is 2. The standard InChI is InChI=1S/C22H25FN2O5/c23-18-10-11-20(24-12-18)25(19-4-2-1-3-5-19)22(28)30-14-17-8-6-16(7-9-17)13-29-15-21(26)27/h1-5,10-12,16-17H,6-9,13-15H2,(H,26,27)/t16-,17-. The second-order valence-electron chi connectivity index (χ2n) is 7.38. The normalized spacial score (nSPS) is 18.6. The molecule has 0 bridgehead atoms. The van der Waals surface area contributed by atoms with Gasteiger partial charge in [0.05, 0.1) is 25.1 Å². The first-order chi connectivity index (χ1) is 14.5. The average Bonchev–Trinajstić information content (AvgIpc) is 2.75. The molecule has 1 aliphatic carbocycles. The molecule has 7 nitrogen and oxygen atoms in total. The Balaban J connectivity index is 1.54. The van der Waals surface area contributed by atoms with Gasteiger partial charge in [-0.1, -0.05) is 18.2 Å². The Kier molecular flexibility index (Phi) is 7.73. The molecule has 160 valence electrons. The van der Waals surface area contributed by atoms with Crippen LogP contribution in [0.2, 0.25) is 0 Å². The molecule has 0 spiro atoms. The fourth-order valence-electron chi connectivity index (χ4n) is 3.54. The number of rotatable bonds is 8. The van der Waals surface area contributed by atoms with Crippen LogP contribution in [0.15, 0.2) is 48.7 Å². The summed E-state index contributed by atoms with van der Waals surface area (Å²) < 4.78 is 24.0. The highest BCUT2D eigenvalue weighted by atomic mass is 19.1. The second kappa shape index (κ2) is 10.7. The number of carbonyl (C=O) groups excluding carboxylic acids is 1. The smallest absolute Gasteiger partial charge is 0.420 e. The molecule has 0 saturated heterocycles. The summed E-state index contributed by atoms with van der Waals surface area (Å²) in [6.45, 7) is 0.452. The molecular weight excluding hydrogens is 391 g/mol. The molecule has 0 unspecified atom stereocenters. The van der Waals surface area contributed by atoms with E-state index >= 15 is 0 Å². The van der Waals surface area contributed by atoms with Gasteiger partial charge >= 0.3 is 12.1 Å². The number of hydrogen-bond donors (Lipinski definition) is 1. The number of benzene rings is 1. The fraction of sp³-hybridized carbons (Fsp3) is 0.409. The Bertz CT molecular complexity index is 823. The molecule has 1 fully saturated rings. The van der Waals surface area contributed by atoms with E-state index in [9.17, 15) is 14.0 Å². The maximum absolute atomic E-state index is 13.3. The predicted octanol–water partition coefficient (Wildman–Crippen LogP) is 4.40. The van der Waals surface area contributed by atoms with Crippen molar-refractivity contribution in [2.24, 2.45) is 11.8 Å². The maximum atomic E-state index is 13.3. The first-order valence-electron chi connectivity index (χ1n) is 9.96. The molecule has 1 aliphatic rings. The zero-order chi connectivity index (χ0) is 21.3. The number of para-hydroxylation sites is 1. The van der Waals surface area contributed by atoms with Crippen LogP contribution in [-0.4, -0.2) is 42.0 Å². The van der Waals surface area contributed by atoms with Gasteiger partial charge in [0.15, 0.2) is 0 Å². The summed E-state index contributed by atoms with van der Waals surface area (Å²) in [5.74, 6) is -0.589.